The van der Waals surface area contributed by atoms with Gasteiger partial charge in [-0.25, -0.2) is 4.79 Å². The van der Waals surface area contributed by atoms with E-state index in [9.17, 15) is 9.59 Å². The fourth-order valence-corrected chi connectivity index (χ4v) is 2.71. The van der Waals surface area contributed by atoms with Crippen molar-refractivity contribution < 1.29 is 14.3 Å². The van der Waals surface area contributed by atoms with Gasteiger partial charge in [-0.05, 0) is 50.7 Å². The predicted molar refractivity (Wildman–Crippen MR) is 105 cm³/mol. The summed E-state index contributed by atoms with van der Waals surface area (Å²) >= 11 is 0. The first kappa shape index (κ1) is 20.5. The lowest BCUT2D eigenvalue weighted by Crippen LogP contribution is -2.42. The number of amides is 2. The predicted octanol–water partition coefficient (Wildman–Crippen LogP) is 2.75. The van der Waals surface area contributed by atoms with Gasteiger partial charge in [0.2, 0.25) is 5.91 Å². The average molecular weight is 369 g/mol. The normalized spacial score (nSPS) is 13.0. The standard InChI is InChI=1S/C21H27N3O3/c1-15(17-7-5-4-6-8-17)27-21(26)23-14-19(24(2)3)13-16-9-11-18(12-10-16)20(22)25/h4-12,15,19H,13-14H2,1-3H3,(H2,22,25)(H,23,26)/t15-,19-/m0/s1. The summed E-state index contributed by atoms with van der Waals surface area (Å²) in [5, 5.41) is 2.84. The molecule has 2 atom stereocenters. The second-order valence-corrected chi connectivity index (χ2v) is 6.72. The topological polar surface area (TPSA) is 84.7 Å². The monoisotopic (exact) mass is 369 g/mol. The third-order valence-electron chi connectivity index (χ3n) is 4.47. The SMILES string of the molecule is C[C@H](OC(=O)NC[C@H](Cc1ccc(C(N)=O)cc1)N(C)C)c1ccccc1. The Hall–Kier alpha value is -2.86. The first-order valence-corrected chi connectivity index (χ1v) is 8.91. The molecule has 0 aliphatic rings. The van der Waals surface area contributed by atoms with Gasteiger partial charge < -0.3 is 20.7 Å². The van der Waals surface area contributed by atoms with Gasteiger partial charge in [0.25, 0.3) is 0 Å². The summed E-state index contributed by atoms with van der Waals surface area (Å²) in [7, 11) is 3.92. The Balaban J connectivity index is 1.88. The molecule has 0 bridgehead atoms. The van der Waals surface area contributed by atoms with Crippen LogP contribution in [0.1, 0.15) is 34.5 Å². The molecule has 3 N–H and O–H groups in total. The lowest BCUT2D eigenvalue weighted by molar-refractivity contribution is 0.0998. The number of benzene rings is 2. The highest BCUT2D eigenvalue weighted by atomic mass is 16.6. The molecule has 2 aromatic rings. The average Bonchev–Trinajstić information content (AvgIpc) is 2.65. The fraction of sp³-hybridized carbons (Fsp3) is 0.333. The van der Waals surface area contributed by atoms with Crippen LogP contribution < -0.4 is 11.1 Å². The molecule has 0 aliphatic carbocycles. The number of nitrogens with zero attached hydrogens (tertiary/aromatic N) is 1. The molecule has 0 heterocycles. The lowest BCUT2D eigenvalue weighted by Gasteiger charge is -2.25. The zero-order chi connectivity index (χ0) is 19.8. The van der Waals surface area contributed by atoms with Gasteiger partial charge in [-0.1, -0.05) is 42.5 Å². The van der Waals surface area contributed by atoms with Crippen molar-refractivity contribution in [3.63, 3.8) is 0 Å². The molecule has 0 fully saturated rings. The molecule has 2 rings (SSSR count). The van der Waals surface area contributed by atoms with E-state index in [1.165, 1.54) is 0 Å². The maximum absolute atomic E-state index is 12.1. The molecule has 0 saturated carbocycles. The van der Waals surface area contributed by atoms with E-state index in [1.54, 1.807) is 12.1 Å². The number of carbonyl (C=O) groups excluding carboxylic acids is 2. The zero-order valence-electron chi connectivity index (χ0n) is 16.0. The Morgan fingerprint density at radius 3 is 2.26 bits per heavy atom. The smallest absolute Gasteiger partial charge is 0.407 e. The third kappa shape index (κ3) is 6.42. The van der Waals surface area contributed by atoms with Crippen molar-refractivity contribution in [1.29, 1.82) is 0 Å². The number of carbonyl (C=O) groups is 2. The number of nitrogens with two attached hydrogens (primary N) is 1. The van der Waals surface area contributed by atoms with Crippen LogP contribution in [0.5, 0.6) is 0 Å². The van der Waals surface area contributed by atoms with E-state index in [-0.39, 0.29) is 12.1 Å². The van der Waals surface area contributed by atoms with Crippen molar-refractivity contribution in [3.8, 4) is 0 Å². The molecule has 6 nitrogen and oxygen atoms in total. The molecule has 0 spiro atoms. The lowest BCUT2D eigenvalue weighted by atomic mass is 10.0. The molecule has 0 aromatic heterocycles. The summed E-state index contributed by atoms with van der Waals surface area (Å²) in [5.41, 5.74) is 7.76. The Morgan fingerprint density at radius 1 is 1.07 bits per heavy atom. The summed E-state index contributed by atoms with van der Waals surface area (Å²) in [6.07, 6.45) is -0.0340. The van der Waals surface area contributed by atoms with Crippen LogP contribution in [0.3, 0.4) is 0 Å². The van der Waals surface area contributed by atoms with Crippen LogP contribution in [-0.4, -0.2) is 43.6 Å². The third-order valence-corrected chi connectivity index (χ3v) is 4.47. The highest BCUT2D eigenvalue weighted by Crippen LogP contribution is 2.16. The van der Waals surface area contributed by atoms with Gasteiger partial charge >= 0.3 is 6.09 Å². The number of primary amides is 1. The number of nitrogens with one attached hydrogen (secondary N) is 1. The summed E-state index contributed by atoms with van der Waals surface area (Å²) < 4.78 is 5.44. The van der Waals surface area contributed by atoms with Gasteiger partial charge in [0, 0.05) is 18.2 Å². The Labute approximate surface area is 160 Å². The molecule has 6 heteroatoms. The Kier molecular flexibility index (Phi) is 7.37. The van der Waals surface area contributed by atoms with Crippen molar-refractivity contribution in [2.24, 2.45) is 5.73 Å². The minimum Gasteiger partial charge on any atom is -0.442 e. The molecule has 27 heavy (non-hydrogen) atoms. The van der Waals surface area contributed by atoms with Gasteiger partial charge in [0.05, 0.1) is 0 Å². The number of likely N-dealkylation sites (N-methyl/N-ethyl adjacent to an activating group) is 1. The minimum absolute atomic E-state index is 0.0870. The van der Waals surface area contributed by atoms with Crippen LogP contribution in [0.15, 0.2) is 54.6 Å². The quantitative estimate of drug-likeness (QED) is 0.749. The van der Waals surface area contributed by atoms with Gasteiger partial charge in [-0.3, -0.25) is 4.79 Å². The molecule has 0 radical (unpaired) electrons. The van der Waals surface area contributed by atoms with E-state index in [0.717, 1.165) is 17.5 Å². The number of hydrogen-bond donors (Lipinski definition) is 2. The summed E-state index contributed by atoms with van der Waals surface area (Å²) in [6, 6.07) is 16.9. The van der Waals surface area contributed by atoms with Crippen LogP contribution in [0.25, 0.3) is 0 Å². The Morgan fingerprint density at radius 2 is 1.70 bits per heavy atom. The molecule has 0 saturated heterocycles. The van der Waals surface area contributed by atoms with Crippen molar-refractivity contribution in [2.45, 2.75) is 25.5 Å². The van der Waals surface area contributed by atoms with Crippen molar-refractivity contribution >= 4 is 12.0 Å². The second kappa shape index (κ2) is 9.73. The van der Waals surface area contributed by atoms with E-state index in [1.807, 2.05) is 68.4 Å². The van der Waals surface area contributed by atoms with Crippen LogP contribution in [0.4, 0.5) is 4.79 Å². The van der Waals surface area contributed by atoms with Crippen LogP contribution in [0, 0.1) is 0 Å². The van der Waals surface area contributed by atoms with Gasteiger partial charge in [-0.2, -0.15) is 0 Å². The number of alkyl carbamates (subject to hydrolysis) is 1. The molecule has 0 aliphatic heterocycles. The minimum atomic E-state index is -0.442. The Bertz CT molecular complexity index is 745. The first-order valence-electron chi connectivity index (χ1n) is 8.91. The van der Waals surface area contributed by atoms with Gasteiger partial charge in [-0.15, -0.1) is 0 Å². The molecule has 0 unspecified atom stereocenters. The molecule has 2 amide bonds. The van der Waals surface area contributed by atoms with E-state index in [4.69, 9.17) is 10.5 Å². The van der Waals surface area contributed by atoms with Crippen LogP contribution >= 0.6 is 0 Å². The summed E-state index contributed by atoms with van der Waals surface area (Å²) in [5.74, 6) is -0.442. The van der Waals surface area contributed by atoms with E-state index >= 15 is 0 Å². The van der Waals surface area contributed by atoms with Crippen molar-refractivity contribution in [3.05, 3.63) is 71.3 Å². The van der Waals surface area contributed by atoms with E-state index in [2.05, 4.69) is 5.32 Å². The largest absolute Gasteiger partial charge is 0.442 e. The highest BCUT2D eigenvalue weighted by molar-refractivity contribution is 5.92. The molecular formula is C21H27N3O3. The zero-order valence-corrected chi connectivity index (χ0v) is 16.0. The fourth-order valence-electron chi connectivity index (χ4n) is 2.71. The van der Waals surface area contributed by atoms with Crippen LogP contribution in [-0.2, 0) is 11.2 Å². The molecular weight excluding hydrogens is 342 g/mol. The van der Waals surface area contributed by atoms with Crippen molar-refractivity contribution in [2.75, 3.05) is 20.6 Å². The van der Waals surface area contributed by atoms with E-state index in [0.29, 0.717) is 12.1 Å². The second-order valence-electron chi connectivity index (χ2n) is 6.72. The van der Waals surface area contributed by atoms with E-state index < -0.39 is 12.0 Å². The van der Waals surface area contributed by atoms with Crippen LogP contribution in [0.2, 0.25) is 0 Å². The molecule has 2 aromatic carbocycles. The summed E-state index contributed by atoms with van der Waals surface area (Å²) in [6.45, 7) is 2.30. The number of hydrogen-bond acceptors (Lipinski definition) is 4. The number of rotatable bonds is 8. The maximum atomic E-state index is 12.1. The van der Waals surface area contributed by atoms with Crippen molar-refractivity contribution in [1.82, 2.24) is 10.2 Å². The molecule has 144 valence electrons. The maximum Gasteiger partial charge on any atom is 0.407 e. The van der Waals surface area contributed by atoms with Gasteiger partial charge in [0.15, 0.2) is 0 Å². The number of ether oxygens (including phenoxy) is 1. The van der Waals surface area contributed by atoms with Gasteiger partial charge in [0.1, 0.15) is 6.10 Å². The highest BCUT2D eigenvalue weighted by Gasteiger charge is 2.16. The first-order chi connectivity index (χ1) is 12.9. The summed E-state index contributed by atoms with van der Waals surface area (Å²) in [4.78, 5) is 25.3.